The van der Waals surface area contributed by atoms with Gasteiger partial charge in [-0.2, -0.15) is 0 Å². The number of hydrazine groups is 1. The summed E-state index contributed by atoms with van der Waals surface area (Å²) in [5, 5.41) is 27.9. The Hall–Kier alpha value is -3.87. The SMILES string of the molecule is CC(C)[C@@H]1NC(=O)C(CO)(CO)C=Cc2ccc3ccc(nc3c2)[C@@H](C)OC(=O)[C@@H]2CCCN(N2)C(=O)[C@H](C)NC1=O. The Morgan fingerprint density at radius 3 is 2.48 bits per heavy atom. The van der Waals surface area contributed by atoms with E-state index in [1.807, 2.05) is 12.1 Å². The van der Waals surface area contributed by atoms with Crippen LogP contribution in [0, 0.1) is 11.3 Å². The van der Waals surface area contributed by atoms with Gasteiger partial charge >= 0.3 is 5.97 Å². The van der Waals surface area contributed by atoms with Crippen molar-refractivity contribution in [2.75, 3.05) is 19.8 Å². The largest absolute Gasteiger partial charge is 0.455 e. The molecule has 4 rings (SSSR count). The minimum atomic E-state index is -1.73. The number of fused-ring (bicyclic) bond motifs is 4. The lowest BCUT2D eigenvalue weighted by Crippen LogP contribution is -2.61. The summed E-state index contributed by atoms with van der Waals surface area (Å²) in [4.78, 5) is 57.6. The number of carbonyl (C=O) groups is 4. The summed E-state index contributed by atoms with van der Waals surface area (Å²) >= 11 is 0. The molecule has 4 atom stereocenters. The Morgan fingerprint density at radius 2 is 1.79 bits per heavy atom. The minimum Gasteiger partial charge on any atom is -0.455 e. The van der Waals surface area contributed by atoms with Gasteiger partial charge in [-0.15, -0.1) is 0 Å². The molecular weight excluding hydrogens is 542 g/mol. The normalized spacial score (nSPS) is 25.7. The second kappa shape index (κ2) is 13.0. The van der Waals surface area contributed by atoms with Gasteiger partial charge in [0.2, 0.25) is 11.8 Å². The second-order valence-corrected chi connectivity index (χ2v) is 11.3. The molecule has 3 amide bonds. The Morgan fingerprint density at radius 1 is 1.07 bits per heavy atom. The van der Waals surface area contributed by atoms with E-state index in [2.05, 4.69) is 21.0 Å². The summed E-state index contributed by atoms with van der Waals surface area (Å²) in [5.74, 6) is -2.70. The van der Waals surface area contributed by atoms with Crippen molar-refractivity contribution in [3.05, 3.63) is 47.7 Å². The number of ether oxygens (including phenoxy) is 1. The van der Waals surface area contributed by atoms with E-state index in [0.29, 0.717) is 36.2 Å². The number of aliphatic hydroxyl groups is 2. The number of nitrogens with one attached hydrogen (secondary N) is 3. The predicted molar refractivity (Wildman–Crippen MR) is 154 cm³/mol. The molecule has 1 fully saturated rings. The van der Waals surface area contributed by atoms with E-state index in [1.54, 1.807) is 45.0 Å². The molecule has 5 bridgehead atoms. The zero-order valence-electron chi connectivity index (χ0n) is 24.3. The van der Waals surface area contributed by atoms with Gasteiger partial charge in [0.25, 0.3) is 5.91 Å². The molecule has 0 unspecified atom stereocenters. The number of hydrogen-bond donors (Lipinski definition) is 5. The van der Waals surface area contributed by atoms with E-state index in [-0.39, 0.29) is 5.92 Å². The van der Waals surface area contributed by atoms with Gasteiger partial charge in [0, 0.05) is 11.9 Å². The first-order chi connectivity index (χ1) is 20.0. The summed E-state index contributed by atoms with van der Waals surface area (Å²) in [6, 6.07) is 6.27. The average Bonchev–Trinajstić information content (AvgIpc) is 2.99. The number of amides is 3. The standard InChI is InChI=1S/C30H39N5O7/c1-17(2)25-26(38)31-18(3)27(39)35-13-5-6-23(34-35)28(40)42-19(4)22-10-9-21-8-7-20(14-24(21)32-22)11-12-30(15-36,16-37)29(41)33-25/h7-12,14,17-19,23,25,34,36-37H,5-6,13,15-16H2,1-4H3,(H,31,38)(H,33,41)/t18-,19+,23-,25-/m0/s1. The lowest BCUT2D eigenvalue weighted by atomic mass is 9.86. The van der Waals surface area contributed by atoms with Crippen molar-refractivity contribution in [2.24, 2.45) is 11.3 Å². The summed E-state index contributed by atoms with van der Waals surface area (Å²) in [6.07, 6.45) is 3.34. The Balaban J connectivity index is 1.75. The minimum absolute atomic E-state index is 0.332. The topological polar surface area (TPSA) is 170 Å². The van der Waals surface area contributed by atoms with Crippen LogP contribution in [0.1, 0.15) is 57.9 Å². The van der Waals surface area contributed by atoms with Crippen LogP contribution in [0.3, 0.4) is 0 Å². The van der Waals surface area contributed by atoms with Crippen LogP contribution in [-0.2, 0) is 23.9 Å². The number of nitrogens with zero attached hydrogens (tertiary/aromatic N) is 2. The quantitative estimate of drug-likeness (QED) is 0.332. The number of hydrogen-bond acceptors (Lipinski definition) is 9. The molecule has 226 valence electrons. The highest BCUT2D eigenvalue weighted by atomic mass is 16.5. The fourth-order valence-electron chi connectivity index (χ4n) is 4.96. The molecule has 5 N–H and O–H groups in total. The Labute approximate surface area is 244 Å². The lowest BCUT2D eigenvalue weighted by Gasteiger charge is -2.35. The van der Waals surface area contributed by atoms with Gasteiger partial charge in [0.15, 0.2) is 0 Å². The molecule has 3 heterocycles. The molecule has 0 aliphatic carbocycles. The summed E-state index contributed by atoms with van der Waals surface area (Å²) < 4.78 is 5.72. The van der Waals surface area contributed by atoms with E-state index >= 15 is 0 Å². The van der Waals surface area contributed by atoms with Crippen molar-refractivity contribution in [2.45, 2.75) is 64.8 Å². The molecule has 1 aromatic carbocycles. The molecular formula is C30H39N5O7. The molecule has 1 saturated heterocycles. The van der Waals surface area contributed by atoms with Gasteiger partial charge in [-0.05, 0) is 50.3 Å². The molecule has 0 spiro atoms. The molecule has 2 aliphatic heterocycles. The van der Waals surface area contributed by atoms with Crippen LogP contribution in [0.4, 0.5) is 0 Å². The van der Waals surface area contributed by atoms with Crippen molar-refractivity contribution in [3.63, 3.8) is 0 Å². The number of aliphatic hydroxyl groups excluding tert-OH is 2. The van der Waals surface area contributed by atoms with Crippen molar-refractivity contribution in [3.8, 4) is 0 Å². The third-order valence-electron chi connectivity index (χ3n) is 7.76. The number of cyclic esters (lactones) is 1. The molecule has 12 heteroatoms. The highest BCUT2D eigenvalue weighted by Crippen LogP contribution is 2.25. The second-order valence-electron chi connectivity index (χ2n) is 11.3. The smallest absolute Gasteiger partial charge is 0.325 e. The first-order valence-corrected chi connectivity index (χ1v) is 14.2. The highest BCUT2D eigenvalue weighted by molar-refractivity contribution is 5.94. The van der Waals surface area contributed by atoms with Crippen LogP contribution in [0.2, 0.25) is 0 Å². The maximum absolute atomic E-state index is 13.4. The van der Waals surface area contributed by atoms with Crippen LogP contribution in [0.15, 0.2) is 36.4 Å². The maximum Gasteiger partial charge on any atom is 0.325 e. The fraction of sp³-hybridized carbons (Fsp3) is 0.500. The van der Waals surface area contributed by atoms with Crippen LogP contribution in [0.5, 0.6) is 0 Å². The molecule has 42 heavy (non-hydrogen) atoms. The monoisotopic (exact) mass is 581 g/mol. The summed E-state index contributed by atoms with van der Waals surface area (Å²) in [6.45, 7) is 5.60. The zero-order chi connectivity index (χ0) is 30.6. The number of benzene rings is 1. The highest BCUT2D eigenvalue weighted by Gasteiger charge is 2.39. The zero-order valence-corrected chi connectivity index (χ0v) is 24.3. The number of aromatic nitrogens is 1. The number of carbonyl (C=O) groups excluding carboxylic acids is 4. The van der Waals surface area contributed by atoms with Gasteiger partial charge in [0.1, 0.15) is 29.6 Å². The lowest BCUT2D eigenvalue weighted by molar-refractivity contribution is -0.157. The summed E-state index contributed by atoms with van der Waals surface area (Å²) in [7, 11) is 0. The van der Waals surface area contributed by atoms with E-state index in [9.17, 15) is 29.4 Å². The Bertz CT molecular complexity index is 1370. The molecule has 0 radical (unpaired) electrons. The predicted octanol–water partition coefficient (Wildman–Crippen LogP) is 0.978. The van der Waals surface area contributed by atoms with Gasteiger partial charge in [0.05, 0.1) is 24.4 Å². The van der Waals surface area contributed by atoms with E-state index < -0.39 is 66.5 Å². The van der Waals surface area contributed by atoms with Crippen molar-refractivity contribution in [1.82, 2.24) is 26.1 Å². The van der Waals surface area contributed by atoms with Gasteiger partial charge in [-0.1, -0.05) is 44.2 Å². The molecule has 2 aromatic rings. The van der Waals surface area contributed by atoms with E-state index in [1.165, 1.54) is 18.0 Å². The van der Waals surface area contributed by atoms with Crippen LogP contribution in [0.25, 0.3) is 17.0 Å². The van der Waals surface area contributed by atoms with Crippen molar-refractivity contribution in [1.29, 1.82) is 0 Å². The number of rotatable bonds is 3. The fourth-order valence-corrected chi connectivity index (χ4v) is 4.96. The van der Waals surface area contributed by atoms with Crippen LogP contribution < -0.4 is 16.1 Å². The summed E-state index contributed by atoms with van der Waals surface area (Å²) in [5.41, 5.74) is 3.00. The average molecular weight is 582 g/mol. The van der Waals surface area contributed by atoms with Crippen molar-refractivity contribution >= 4 is 40.7 Å². The van der Waals surface area contributed by atoms with Crippen LogP contribution in [-0.4, -0.2) is 81.8 Å². The van der Waals surface area contributed by atoms with E-state index in [4.69, 9.17) is 4.74 Å². The first-order valence-electron chi connectivity index (χ1n) is 14.2. The van der Waals surface area contributed by atoms with E-state index in [0.717, 1.165) is 5.39 Å². The molecule has 2 aliphatic rings. The first kappa shape index (κ1) is 31.1. The number of esters is 1. The Kier molecular flexibility index (Phi) is 9.60. The van der Waals surface area contributed by atoms with Gasteiger partial charge in [-0.3, -0.25) is 24.2 Å². The number of pyridine rings is 1. The van der Waals surface area contributed by atoms with Crippen LogP contribution >= 0.6 is 0 Å². The third kappa shape index (κ3) is 6.61. The third-order valence-corrected chi connectivity index (χ3v) is 7.76. The van der Waals surface area contributed by atoms with Gasteiger partial charge < -0.3 is 25.6 Å². The molecule has 1 aromatic heterocycles. The molecule has 12 nitrogen and oxygen atoms in total. The maximum atomic E-state index is 13.4. The van der Waals surface area contributed by atoms with Crippen molar-refractivity contribution < 1.29 is 34.1 Å². The molecule has 0 saturated carbocycles. The van der Waals surface area contributed by atoms with Gasteiger partial charge in [-0.25, -0.2) is 10.4 Å².